The van der Waals surface area contributed by atoms with Crippen LogP contribution in [-0.4, -0.2) is 27.9 Å². The lowest BCUT2D eigenvalue weighted by Gasteiger charge is -2.26. The van der Waals surface area contributed by atoms with Crippen molar-refractivity contribution in [1.82, 2.24) is 0 Å². The fourth-order valence-corrected chi connectivity index (χ4v) is 2.40. The van der Waals surface area contributed by atoms with Crippen molar-refractivity contribution in [3.8, 4) is 5.75 Å². The molecule has 1 rings (SSSR count). The smallest absolute Gasteiger partial charge is 0.370 e. The SMILES string of the molecule is CSC(Oc1ccccc1)(SC)C(=O)O. The number of hydrogen-bond donors (Lipinski definition) is 1. The van der Waals surface area contributed by atoms with Crippen molar-refractivity contribution in [2.24, 2.45) is 0 Å². The molecule has 0 fully saturated rings. The molecule has 82 valence electrons. The van der Waals surface area contributed by atoms with Crippen LogP contribution in [0.15, 0.2) is 30.3 Å². The van der Waals surface area contributed by atoms with Gasteiger partial charge in [0, 0.05) is 0 Å². The number of carbonyl (C=O) groups is 1. The Morgan fingerprint density at radius 2 is 1.80 bits per heavy atom. The van der Waals surface area contributed by atoms with Crippen molar-refractivity contribution in [3.05, 3.63) is 30.3 Å². The van der Waals surface area contributed by atoms with Crippen molar-refractivity contribution in [2.75, 3.05) is 12.5 Å². The molecule has 15 heavy (non-hydrogen) atoms. The van der Waals surface area contributed by atoms with E-state index in [9.17, 15) is 4.79 Å². The molecule has 1 N–H and O–H groups in total. The van der Waals surface area contributed by atoms with E-state index in [0.717, 1.165) is 23.5 Å². The summed E-state index contributed by atoms with van der Waals surface area (Å²) in [7, 11) is 0. The van der Waals surface area contributed by atoms with Crippen LogP contribution in [0.3, 0.4) is 0 Å². The molecule has 0 amide bonds. The summed E-state index contributed by atoms with van der Waals surface area (Å²) in [5.74, 6) is -0.421. The highest BCUT2D eigenvalue weighted by atomic mass is 32.2. The lowest BCUT2D eigenvalue weighted by atomic mass is 10.3. The molecule has 5 heteroatoms. The zero-order chi connectivity index (χ0) is 11.3. The lowest BCUT2D eigenvalue weighted by Crippen LogP contribution is -2.37. The van der Waals surface area contributed by atoms with Crippen LogP contribution in [0.1, 0.15) is 0 Å². The van der Waals surface area contributed by atoms with E-state index in [1.54, 1.807) is 24.6 Å². The number of rotatable bonds is 5. The normalized spacial score (nSPS) is 11.1. The maximum absolute atomic E-state index is 11.1. The Kier molecular flexibility index (Phi) is 4.35. The van der Waals surface area contributed by atoms with Gasteiger partial charge in [0.2, 0.25) is 0 Å². The monoisotopic (exact) mass is 244 g/mol. The summed E-state index contributed by atoms with van der Waals surface area (Å²) in [5.41, 5.74) is 0. The summed E-state index contributed by atoms with van der Waals surface area (Å²) in [4.78, 5) is 11.1. The molecule has 0 unspecified atom stereocenters. The summed E-state index contributed by atoms with van der Waals surface area (Å²) in [6.07, 6.45) is 3.43. The van der Waals surface area contributed by atoms with Crippen LogP contribution in [0.5, 0.6) is 5.75 Å². The first-order valence-electron chi connectivity index (χ1n) is 4.22. The fourth-order valence-electron chi connectivity index (χ4n) is 1.03. The third-order valence-electron chi connectivity index (χ3n) is 1.79. The summed E-state index contributed by atoms with van der Waals surface area (Å²) in [5, 5.41) is 9.12. The molecule has 0 atom stereocenters. The first-order valence-corrected chi connectivity index (χ1v) is 6.67. The van der Waals surface area contributed by atoms with Gasteiger partial charge in [-0.3, -0.25) is 0 Å². The van der Waals surface area contributed by atoms with Gasteiger partial charge in [-0.15, -0.1) is 0 Å². The van der Waals surface area contributed by atoms with Crippen molar-refractivity contribution in [1.29, 1.82) is 0 Å². The molecule has 0 saturated heterocycles. The second kappa shape index (κ2) is 5.32. The van der Waals surface area contributed by atoms with E-state index in [-0.39, 0.29) is 0 Å². The molecule has 0 bridgehead atoms. The fraction of sp³-hybridized carbons (Fsp3) is 0.300. The van der Waals surface area contributed by atoms with Gasteiger partial charge in [-0.25, -0.2) is 4.79 Å². The lowest BCUT2D eigenvalue weighted by molar-refractivity contribution is -0.142. The van der Waals surface area contributed by atoms with Crippen LogP contribution in [0, 0.1) is 0 Å². The van der Waals surface area contributed by atoms with E-state index in [0.29, 0.717) is 5.75 Å². The molecule has 0 radical (unpaired) electrons. The summed E-state index contributed by atoms with van der Waals surface area (Å²) in [6.45, 7) is 0. The maximum atomic E-state index is 11.1. The highest BCUT2D eigenvalue weighted by Gasteiger charge is 2.39. The number of ether oxygens (including phenoxy) is 1. The zero-order valence-electron chi connectivity index (χ0n) is 8.47. The van der Waals surface area contributed by atoms with Gasteiger partial charge in [0.1, 0.15) is 5.75 Å². The Hall–Kier alpha value is -0.810. The summed E-state index contributed by atoms with van der Waals surface area (Å²) >= 11 is 2.32. The Bertz CT molecular complexity index is 323. The number of hydrogen-bond acceptors (Lipinski definition) is 4. The minimum atomic E-state index is -1.26. The molecule has 0 aromatic heterocycles. The molecule has 0 aliphatic heterocycles. The van der Waals surface area contributed by atoms with Crippen LogP contribution in [0.4, 0.5) is 0 Å². The summed E-state index contributed by atoms with van der Waals surface area (Å²) < 4.78 is 4.23. The van der Waals surface area contributed by atoms with Gasteiger partial charge in [0.15, 0.2) is 0 Å². The van der Waals surface area contributed by atoms with Gasteiger partial charge in [0.05, 0.1) is 0 Å². The molecular formula is C10H12O3S2. The molecule has 1 aromatic rings. The van der Waals surface area contributed by atoms with Gasteiger partial charge < -0.3 is 9.84 Å². The minimum absolute atomic E-state index is 0.559. The van der Waals surface area contributed by atoms with Gasteiger partial charge in [-0.1, -0.05) is 41.7 Å². The second-order valence-corrected chi connectivity index (χ2v) is 4.91. The van der Waals surface area contributed by atoms with Crippen LogP contribution in [-0.2, 0) is 4.79 Å². The first kappa shape index (κ1) is 12.3. The van der Waals surface area contributed by atoms with E-state index in [1.807, 2.05) is 18.2 Å². The first-order chi connectivity index (χ1) is 7.14. The second-order valence-electron chi connectivity index (χ2n) is 2.68. The van der Waals surface area contributed by atoms with Crippen molar-refractivity contribution >= 4 is 29.5 Å². The Morgan fingerprint density at radius 1 is 1.27 bits per heavy atom. The van der Waals surface area contributed by atoms with E-state index >= 15 is 0 Å². The van der Waals surface area contributed by atoms with E-state index in [1.165, 1.54) is 0 Å². The Morgan fingerprint density at radius 3 is 2.20 bits per heavy atom. The molecule has 0 aliphatic rings. The van der Waals surface area contributed by atoms with Crippen LogP contribution in [0.25, 0.3) is 0 Å². The third-order valence-corrected chi connectivity index (χ3v) is 4.39. The number of para-hydroxylation sites is 1. The molecule has 3 nitrogen and oxygen atoms in total. The molecule has 0 heterocycles. The number of benzene rings is 1. The zero-order valence-corrected chi connectivity index (χ0v) is 10.1. The quantitative estimate of drug-likeness (QED) is 0.806. The molecule has 1 aromatic carbocycles. The molecule has 0 aliphatic carbocycles. The van der Waals surface area contributed by atoms with E-state index in [2.05, 4.69) is 0 Å². The summed E-state index contributed by atoms with van der Waals surface area (Å²) in [6, 6.07) is 8.95. The van der Waals surface area contributed by atoms with Crippen LogP contribution in [0.2, 0.25) is 0 Å². The van der Waals surface area contributed by atoms with Crippen molar-refractivity contribution < 1.29 is 14.6 Å². The van der Waals surface area contributed by atoms with Gasteiger partial charge in [0.25, 0.3) is 4.27 Å². The minimum Gasteiger partial charge on any atom is -0.477 e. The Balaban J connectivity index is 2.89. The van der Waals surface area contributed by atoms with Gasteiger partial charge in [-0.2, -0.15) is 0 Å². The van der Waals surface area contributed by atoms with E-state index < -0.39 is 10.2 Å². The Labute approximate surface area is 97.2 Å². The topological polar surface area (TPSA) is 46.5 Å². The van der Waals surface area contributed by atoms with Crippen LogP contribution >= 0.6 is 23.5 Å². The molecular weight excluding hydrogens is 232 g/mol. The number of carboxylic acid groups (broad SMARTS) is 1. The van der Waals surface area contributed by atoms with Crippen molar-refractivity contribution in [2.45, 2.75) is 4.27 Å². The predicted octanol–water partition coefficient (Wildman–Crippen LogP) is 2.53. The average molecular weight is 244 g/mol. The van der Waals surface area contributed by atoms with Crippen LogP contribution < -0.4 is 4.74 Å². The number of aliphatic carboxylic acids is 1. The highest BCUT2D eigenvalue weighted by Crippen LogP contribution is 2.36. The van der Waals surface area contributed by atoms with Gasteiger partial charge in [-0.05, 0) is 24.6 Å². The number of thioether (sulfide) groups is 2. The van der Waals surface area contributed by atoms with Gasteiger partial charge >= 0.3 is 5.97 Å². The highest BCUT2D eigenvalue weighted by molar-refractivity contribution is 8.18. The number of carboxylic acids is 1. The molecule has 0 spiro atoms. The average Bonchev–Trinajstić information content (AvgIpc) is 2.27. The maximum Gasteiger partial charge on any atom is 0.370 e. The van der Waals surface area contributed by atoms with Crippen molar-refractivity contribution in [3.63, 3.8) is 0 Å². The van der Waals surface area contributed by atoms with E-state index in [4.69, 9.17) is 9.84 Å². The standard InChI is InChI=1S/C10H12O3S2/c1-14-10(15-2,9(11)12)13-8-6-4-3-5-7-8/h3-7H,1-2H3,(H,11,12). The third kappa shape index (κ3) is 2.82. The molecule has 0 saturated carbocycles. The largest absolute Gasteiger partial charge is 0.477 e. The predicted molar refractivity (Wildman–Crippen MR) is 64.5 cm³/mol.